The van der Waals surface area contributed by atoms with E-state index in [1.165, 1.54) is 32.1 Å². The molecule has 4 rings (SSSR count). The van der Waals surface area contributed by atoms with E-state index in [0.29, 0.717) is 18.7 Å². The maximum atomic E-state index is 13.0. The second kappa shape index (κ2) is 5.11. The van der Waals surface area contributed by atoms with Crippen molar-refractivity contribution in [3.05, 3.63) is 29.8 Å². The Hall–Kier alpha value is -1.84. The fourth-order valence-corrected chi connectivity index (χ4v) is 4.32. The van der Waals surface area contributed by atoms with Crippen molar-refractivity contribution in [2.45, 2.75) is 38.5 Å². The summed E-state index contributed by atoms with van der Waals surface area (Å²) < 4.78 is 0. The fraction of sp³-hybridized carbons (Fsp3) is 0.556. The van der Waals surface area contributed by atoms with Crippen LogP contribution in [0.25, 0.3) is 0 Å². The van der Waals surface area contributed by atoms with Gasteiger partial charge in [0.25, 0.3) is 5.91 Å². The maximum absolute atomic E-state index is 13.0. The van der Waals surface area contributed by atoms with Gasteiger partial charge < -0.3 is 10.2 Å². The van der Waals surface area contributed by atoms with Gasteiger partial charge in [-0.1, -0.05) is 31.4 Å². The first-order chi connectivity index (χ1) is 10.7. The molecule has 1 aromatic rings. The van der Waals surface area contributed by atoms with E-state index in [1.807, 2.05) is 23.1 Å². The fourth-order valence-electron chi connectivity index (χ4n) is 4.32. The lowest BCUT2D eigenvalue weighted by molar-refractivity contribution is -0.120. The zero-order valence-corrected chi connectivity index (χ0v) is 12.8. The molecule has 0 saturated heterocycles. The molecule has 0 bridgehead atoms. The Balaban J connectivity index is 1.61. The summed E-state index contributed by atoms with van der Waals surface area (Å²) in [5.41, 5.74) is 1.68. The van der Waals surface area contributed by atoms with Gasteiger partial charge in [0.1, 0.15) is 0 Å². The lowest BCUT2D eigenvalue weighted by atomic mass is 9.84. The van der Waals surface area contributed by atoms with Gasteiger partial charge >= 0.3 is 0 Å². The highest BCUT2D eigenvalue weighted by Gasteiger charge is 2.58. The number of carbonyl (C=O) groups excluding carboxylic acids is 2. The van der Waals surface area contributed by atoms with Crippen LogP contribution in [0.5, 0.6) is 0 Å². The van der Waals surface area contributed by atoms with Crippen molar-refractivity contribution in [1.82, 2.24) is 5.32 Å². The van der Waals surface area contributed by atoms with Gasteiger partial charge in [-0.25, -0.2) is 0 Å². The van der Waals surface area contributed by atoms with Gasteiger partial charge in [0.15, 0.2) is 0 Å². The number of anilines is 1. The molecule has 2 amide bonds. The van der Waals surface area contributed by atoms with Crippen molar-refractivity contribution in [2.24, 2.45) is 11.3 Å². The third-order valence-electron chi connectivity index (χ3n) is 5.66. The standard InChI is InChI=1S/C18H22N2O2/c21-16-13-6-2-3-7-15(13)20(11-10-19-16)17(22)14-12-18(14)8-4-1-5-9-18/h2-3,6-7,14H,1,4-5,8-12H2,(H,19,21). The van der Waals surface area contributed by atoms with Crippen LogP contribution in [-0.2, 0) is 4.79 Å². The quantitative estimate of drug-likeness (QED) is 0.866. The summed E-state index contributed by atoms with van der Waals surface area (Å²) in [7, 11) is 0. The normalized spacial score (nSPS) is 26.1. The third-order valence-corrected chi connectivity index (χ3v) is 5.66. The van der Waals surface area contributed by atoms with Crippen molar-refractivity contribution >= 4 is 17.5 Å². The van der Waals surface area contributed by atoms with Crippen LogP contribution < -0.4 is 10.2 Å². The molecule has 0 radical (unpaired) electrons. The molecular formula is C18H22N2O2. The Bertz CT molecular complexity index is 619. The van der Waals surface area contributed by atoms with Crippen molar-refractivity contribution in [2.75, 3.05) is 18.0 Å². The molecule has 1 N–H and O–H groups in total. The van der Waals surface area contributed by atoms with Crippen LogP contribution in [0.15, 0.2) is 24.3 Å². The Kier molecular flexibility index (Phi) is 3.21. The minimum atomic E-state index is -0.0749. The van der Waals surface area contributed by atoms with E-state index in [4.69, 9.17) is 0 Å². The van der Waals surface area contributed by atoms with E-state index in [0.717, 1.165) is 12.1 Å². The van der Waals surface area contributed by atoms with Crippen LogP contribution in [0.2, 0.25) is 0 Å². The van der Waals surface area contributed by atoms with Gasteiger partial charge in [-0.2, -0.15) is 0 Å². The average Bonchev–Trinajstić information content (AvgIpc) is 3.27. The number of benzene rings is 1. The number of amides is 2. The smallest absolute Gasteiger partial charge is 0.253 e. The second-order valence-corrected chi connectivity index (χ2v) is 6.94. The average molecular weight is 298 g/mol. The summed E-state index contributed by atoms with van der Waals surface area (Å²) >= 11 is 0. The summed E-state index contributed by atoms with van der Waals surface area (Å²) in [5, 5.41) is 2.88. The summed E-state index contributed by atoms with van der Waals surface area (Å²) in [6.45, 7) is 1.10. The number of fused-ring (bicyclic) bond motifs is 1. The molecule has 2 fully saturated rings. The largest absolute Gasteiger partial charge is 0.350 e. The lowest BCUT2D eigenvalue weighted by Gasteiger charge is -2.26. The molecule has 2 aliphatic carbocycles. The first-order valence-corrected chi connectivity index (χ1v) is 8.40. The van der Waals surface area contributed by atoms with Gasteiger partial charge in [-0.15, -0.1) is 0 Å². The predicted octanol–water partition coefficient (Wildman–Crippen LogP) is 2.73. The van der Waals surface area contributed by atoms with Crippen LogP contribution >= 0.6 is 0 Å². The van der Waals surface area contributed by atoms with Crippen molar-refractivity contribution < 1.29 is 9.59 Å². The molecule has 1 atom stereocenters. The van der Waals surface area contributed by atoms with Gasteiger partial charge in [-0.3, -0.25) is 9.59 Å². The molecule has 1 unspecified atom stereocenters. The van der Waals surface area contributed by atoms with Crippen LogP contribution in [-0.4, -0.2) is 24.9 Å². The number of hydrogen-bond acceptors (Lipinski definition) is 2. The van der Waals surface area contributed by atoms with Gasteiger partial charge in [0.05, 0.1) is 11.3 Å². The number of nitrogens with zero attached hydrogens (tertiary/aromatic N) is 1. The topological polar surface area (TPSA) is 49.4 Å². The van der Waals surface area contributed by atoms with E-state index in [-0.39, 0.29) is 23.1 Å². The van der Waals surface area contributed by atoms with Crippen LogP contribution in [0, 0.1) is 11.3 Å². The number of hydrogen-bond donors (Lipinski definition) is 1. The number of para-hydroxylation sites is 1. The van der Waals surface area contributed by atoms with Gasteiger partial charge in [0, 0.05) is 19.0 Å². The van der Waals surface area contributed by atoms with E-state index in [1.54, 1.807) is 6.07 Å². The Morgan fingerprint density at radius 3 is 2.77 bits per heavy atom. The number of carbonyl (C=O) groups is 2. The Labute approximate surface area is 130 Å². The molecule has 1 spiro atoms. The SMILES string of the molecule is O=C1NCCN(C(=O)C2CC23CCCCC3)c2ccccc21. The molecule has 3 aliphatic rings. The summed E-state index contributed by atoms with van der Waals surface area (Å²) in [6.07, 6.45) is 7.30. The van der Waals surface area contributed by atoms with Crippen molar-refractivity contribution in [3.8, 4) is 0 Å². The van der Waals surface area contributed by atoms with Crippen LogP contribution in [0.1, 0.15) is 48.9 Å². The maximum Gasteiger partial charge on any atom is 0.253 e. The van der Waals surface area contributed by atoms with Gasteiger partial charge in [0.2, 0.25) is 5.91 Å². The van der Waals surface area contributed by atoms with E-state index >= 15 is 0 Å². The highest BCUT2D eigenvalue weighted by Crippen LogP contribution is 2.62. The Morgan fingerprint density at radius 2 is 1.95 bits per heavy atom. The number of nitrogens with one attached hydrogen (secondary N) is 1. The molecule has 1 aliphatic heterocycles. The molecular weight excluding hydrogens is 276 g/mol. The molecule has 116 valence electrons. The van der Waals surface area contributed by atoms with Crippen LogP contribution in [0.3, 0.4) is 0 Å². The zero-order chi connectivity index (χ0) is 15.2. The summed E-state index contributed by atoms with van der Waals surface area (Å²) in [6, 6.07) is 7.46. The zero-order valence-electron chi connectivity index (χ0n) is 12.8. The minimum absolute atomic E-state index is 0.0749. The van der Waals surface area contributed by atoms with Crippen molar-refractivity contribution in [3.63, 3.8) is 0 Å². The molecule has 4 heteroatoms. The Morgan fingerprint density at radius 1 is 1.18 bits per heavy atom. The predicted molar refractivity (Wildman–Crippen MR) is 84.8 cm³/mol. The highest BCUT2D eigenvalue weighted by atomic mass is 16.2. The molecule has 1 aromatic carbocycles. The lowest BCUT2D eigenvalue weighted by Crippen LogP contribution is -2.37. The third kappa shape index (κ3) is 2.13. The van der Waals surface area contributed by atoms with Gasteiger partial charge in [-0.05, 0) is 36.8 Å². The van der Waals surface area contributed by atoms with E-state index < -0.39 is 0 Å². The van der Waals surface area contributed by atoms with Crippen molar-refractivity contribution in [1.29, 1.82) is 0 Å². The highest BCUT2D eigenvalue weighted by molar-refractivity contribution is 6.07. The summed E-state index contributed by atoms with van der Waals surface area (Å²) in [5.74, 6) is 0.328. The molecule has 4 nitrogen and oxygen atoms in total. The molecule has 1 heterocycles. The van der Waals surface area contributed by atoms with E-state index in [2.05, 4.69) is 5.32 Å². The molecule has 22 heavy (non-hydrogen) atoms. The molecule has 0 aromatic heterocycles. The first kappa shape index (κ1) is 13.8. The first-order valence-electron chi connectivity index (χ1n) is 8.40. The summed E-state index contributed by atoms with van der Waals surface area (Å²) in [4.78, 5) is 27.0. The minimum Gasteiger partial charge on any atom is -0.350 e. The van der Waals surface area contributed by atoms with E-state index in [9.17, 15) is 9.59 Å². The van der Waals surface area contributed by atoms with Crippen LogP contribution in [0.4, 0.5) is 5.69 Å². The molecule has 2 saturated carbocycles. The number of rotatable bonds is 1. The monoisotopic (exact) mass is 298 g/mol. The second-order valence-electron chi connectivity index (χ2n) is 6.94.